The number of amides is 1. The van der Waals surface area contributed by atoms with Gasteiger partial charge in [-0.05, 0) is 25.0 Å². The molecule has 1 aromatic rings. The largest absolute Gasteiger partial charge is 0.370 e. The molecule has 1 saturated heterocycles. The van der Waals surface area contributed by atoms with Crippen LogP contribution in [-0.4, -0.2) is 46.9 Å². The first-order valence-electron chi connectivity index (χ1n) is 7.24. The second kappa shape index (κ2) is 6.97. The molecule has 0 saturated carbocycles. The van der Waals surface area contributed by atoms with Crippen molar-refractivity contribution in [3.05, 3.63) is 23.4 Å². The van der Waals surface area contributed by atoms with Gasteiger partial charge >= 0.3 is 0 Å². The standard InChI is InChI=1S/C15H23N3OS/c1-4-16-14-10-12(9-13(17-14)11(2)3)15(19)18-5-7-20-8-6-18/h9-11H,4-8H2,1-3H3,(H,16,17). The van der Waals surface area contributed by atoms with Crippen LogP contribution in [0.5, 0.6) is 0 Å². The number of aromatic nitrogens is 1. The molecule has 1 fully saturated rings. The Bertz CT molecular complexity index is 470. The van der Waals surface area contributed by atoms with Gasteiger partial charge in [0.1, 0.15) is 5.82 Å². The van der Waals surface area contributed by atoms with Gasteiger partial charge in [-0.1, -0.05) is 13.8 Å². The zero-order valence-corrected chi connectivity index (χ0v) is 13.3. The smallest absolute Gasteiger partial charge is 0.254 e. The van der Waals surface area contributed by atoms with Gasteiger partial charge in [-0.3, -0.25) is 4.79 Å². The average Bonchev–Trinajstić information content (AvgIpc) is 2.47. The Labute approximate surface area is 125 Å². The number of hydrogen-bond acceptors (Lipinski definition) is 4. The molecule has 1 aromatic heterocycles. The molecule has 0 aliphatic carbocycles. The lowest BCUT2D eigenvalue weighted by Crippen LogP contribution is -2.38. The minimum Gasteiger partial charge on any atom is -0.370 e. The SMILES string of the molecule is CCNc1cc(C(=O)N2CCSCC2)cc(C(C)C)n1. The highest BCUT2D eigenvalue weighted by molar-refractivity contribution is 7.99. The molecule has 0 radical (unpaired) electrons. The number of carbonyl (C=O) groups is 1. The Morgan fingerprint density at radius 1 is 1.40 bits per heavy atom. The maximum atomic E-state index is 12.6. The van der Waals surface area contributed by atoms with Crippen LogP contribution in [0.4, 0.5) is 5.82 Å². The van der Waals surface area contributed by atoms with Crippen LogP contribution < -0.4 is 5.32 Å². The van der Waals surface area contributed by atoms with E-state index in [-0.39, 0.29) is 5.91 Å². The fourth-order valence-corrected chi connectivity index (χ4v) is 3.09. The van der Waals surface area contributed by atoms with E-state index in [1.54, 1.807) is 0 Å². The molecule has 1 aliphatic heterocycles. The van der Waals surface area contributed by atoms with E-state index < -0.39 is 0 Å². The van der Waals surface area contributed by atoms with Crippen molar-refractivity contribution in [2.75, 3.05) is 36.5 Å². The van der Waals surface area contributed by atoms with Crippen molar-refractivity contribution in [2.24, 2.45) is 0 Å². The molecule has 0 spiro atoms. The fourth-order valence-electron chi connectivity index (χ4n) is 2.19. The number of nitrogens with one attached hydrogen (secondary N) is 1. The highest BCUT2D eigenvalue weighted by Gasteiger charge is 2.20. The number of nitrogens with zero attached hydrogens (tertiary/aromatic N) is 2. The van der Waals surface area contributed by atoms with Crippen LogP contribution in [0.3, 0.4) is 0 Å². The van der Waals surface area contributed by atoms with E-state index in [0.29, 0.717) is 5.92 Å². The molecule has 5 heteroatoms. The van der Waals surface area contributed by atoms with Gasteiger partial charge in [0.2, 0.25) is 0 Å². The van der Waals surface area contributed by atoms with Crippen LogP contribution in [-0.2, 0) is 0 Å². The van der Waals surface area contributed by atoms with Gasteiger partial charge in [-0.15, -0.1) is 0 Å². The molecule has 1 N–H and O–H groups in total. The molecule has 1 aliphatic rings. The van der Waals surface area contributed by atoms with E-state index in [1.165, 1.54) is 0 Å². The van der Waals surface area contributed by atoms with Crippen LogP contribution in [0, 0.1) is 0 Å². The van der Waals surface area contributed by atoms with Crippen molar-refractivity contribution in [1.82, 2.24) is 9.88 Å². The Kier molecular flexibility index (Phi) is 5.29. The summed E-state index contributed by atoms with van der Waals surface area (Å²) in [7, 11) is 0. The van der Waals surface area contributed by atoms with Gasteiger partial charge in [-0.25, -0.2) is 4.98 Å². The van der Waals surface area contributed by atoms with Crippen molar-refractivity contribution in [3.63, 3.8) is 0 Å². The lowest BCUT2D eigenvalue weighted by Gasteiger charge is -2.26. The van der Waals surface area contributed by atoms with E-state index in [4.69, 9.17) is 0 Å². The number of thioether (sulfide) groups is 1. The molecule has 2 heterocycles. The first-order valence-corrected chi connectivity index (χ1v) is 8.40. The van der Waals surface area contributed by atoms with E-state index >= 15 is 0 Å². The third-order valence-electron chi connectivity index (χ3n) is 3.34. The van der Waals surface area contributed by atoms with Gasteiger partial charge in [0.15, 0.2) is 0 Å². The van der Waals surface area contributed by atoms with Crippen LogP contribution in [0.25, 0.3) is 0 Å². The summed E-state index contributed by atoms with van der Waals surface area (Å²) in [5.41, 5.74) is 1.73. The Hall–Kier alpha value is -1.23. The molecule has 0 unspecified atom stereocenters. The molecular formula is C15H23N3OS. The monoisotopic (exact) mass is 293 g/mol. The molecule has 0 aromatic carbocycles. The topological polar surface area (TPSA) is 45.2 Å². The predicted molar refractivity (Wildman–Crippen MR) is 85.7 cm³/mol. The summed E-state index contributed by atoms with van der Waals surface area (Å²) in [5.74, 6) is 3.32. The summed E-state index contributed by atoms with van der Waals surface area (Å²) >= 11 is 1.91. The predicted octanol–water partition coefficient (Wildman–Crippen LogP) is 2.83. The van der Waals surface area contributed by atoms with Crippen LogP contribution in [0.1, 0.15) is 42.7 Å². The van der Waals surface area contributed by atoms with E-state index in [2.05, 4.69) is 24.1 Å². The van der Waals surface area contributed by atoms with Crippen LogP contribution in [0.15, 0.2) is 12.1 Å². The zero-order valence-electron chi connectivity index (χ0n) is 12.5. The normalized spacial score (nSPS) is 15.5. The molecule has 110 valence electrons. The minimum atomic E-state index is 0.133. The first-order chi connectivity index (χ1) is 9.61. The molecular weight excluding hydrogens is 270 g/mol. The zero-order chi connectivity index (χ0) is 14.5. The maximum Gasteiger partial charge on any atom is 0.254 e. The summed E-state index contributed by atoms with van der Waals surface area (Å²) in [5, 5.41) is 3.22. The van der Waals surface area contributed by atoms with Gasteiger partial charge in [0.05, 0.1) is 0 Å². The summed E-state index contributed by atoms with van der Waals surface area (Å²) in [6, 6.07) is 3.81. The fraction of sp³-hybridized carbons (Fsp3) is 0.600. The van der Waals surface area contributed by atoms with E-state index in [1.807, 2.05) is 35.7 Å². The number of carbonyl (C=O) groups excluding carboxylic acids is 1. The highest BCUT2D eigenvalue weighted by Crippen LogP contribution is 2.20. The second-order valence-electron chi connectivity index (χ2n) is 5.26. The van der Waals surface area contributed by atoms with Crippen molar-refractivity contribution >= 4 is 23.5 Å². The summed E-state index contributed by atoms with van der Waals surface area (Å²) in [6.07, 6.45) is 0. The van der Waals surface area contributed by atoms with Crippen LogP contribution >= 0.6 is 11.8 Å². The third-order valence-corrected chi connectivity index (χ3v) is 4.28. The van der Waals surface area contributed by atoms with Crippen molar-refractivity contribution in [1.29, 1.82) is 0 Å². The quantitative estimate of drug-likeness (QED) is 0.927. The summed E-state index contributed by atoms with van der Waals surface area (Å²) < 4.78 is 0. The molecule has 1 amide bonds. The van der Waals surface area contributed by atoms with Crippen molar-refractivity contribution in [2.45, 2.75) is 26.7 Å². The van der Waals surface area contributed by atoms with Crippen molar-refractivity contribution < 1.29 is 4.79 Å². The number of anilines is 1. The molecule has 2 rings (SSSR count). The highest BCUT2D eigenvalue weighted by atomic mass is 32.2. The number of hydrogen-bond donors (Lipinski definition) is 1. The van der Waals surface area contributed by atoms with Crippen molar-refractivity contribution in [3.8, 4) is 0 Å². The first kappa shape index (κ1) is 15.2. The lowest BCUT2D eigenvalue weighted by molar-refractivity contribution is 0.0772. The summed E-state index contributed by atoms with van der Waals surface area (Å²) in [6.45, 7) is 8.74. The Morgan fingerprint density at radius 3 is 2.70 bits per heavy atom. The van der Waals surface area contributed by atoms with E-state index in [0.717, 1.165) is 48.2 Å². The molecule has 0 atom stereocenters. The third kappa shape index (κ3) is 3.66. The summed E-state index contributed by atoms with van der Waals surface area (Å²) in [4.78, 5) is 19.1. The molecule has 0 bridgehead atoms. The number of pyridine rings is 1. The Balaban J connectivity index is 2.26. The second-order valence-corrected chi connectivity index (χ2v) is 6.48. The van der Waals surface area contributed by atoms with Gasteiger partial charge in [0, 0.05) is 42.4 Å². The average molecular weight is 293 g/mol. The Morgan fingerprint density at radius 2 is 2.10 bits per heavy atom. The number of rotatable bonds is 4. The van der Waals surface area contributed by atoms with Gasteiger partial charge in [0.25, 0.3) is 5.91 Å². The lowest BCUT2D eigenvalue weighted by atomic mass is 10.1. The van der Waals surface area contributed by atoms with Gasteiger partial charge < -0.3 is 10.2 Å². The van der Waals surface area contributed by atoms with Gasteiger partial charge in [-0.2, -0.15) is 11.8 Å². The minimum absolute atomic E-state index is 0.133. The molecule has 20 heavy (non-hydrogen) atoms. The molecule has 4 nitrogen and oxygen atoms in total. The van der Waals surface area contributed by atoms with E-state index in [9.17, 15) is 4.79 Å². The van der Waals surface area contributed by atoms with Crippen LogP contribution in [0.2, 0.25) is 0 Å². The maximum absolute atomic E-state index is 12.6.